The van der Waals surface area contributed by atoms with E-state index in [0.717, 1.165) is 24.5 Å². The minimum atomic E-state index is -0.150. The lowest BCUT2D eigenvalue weighted by Crippen LogP contribution is -2.32. The summed E-state index contributed by atoms with van der Waals surface area (Å²) < 4.78 is 10.7. The highest BCUT2D eigenvalue weighted by molar-refractivity contribution is 5.92. The third kappa shape index (κ3) is 2.31. The maximum atomic E-state index is 12.6. The van der Waals surface area contributed by atoms with Crippen LogP contribution in [0.5, 0.6) is 0 Å². The number of furan rings is 1. The molecule has 1 saturated carbocycles. The molecule has 2 aromatic heterocycles. The number of rotatable bonds is 4. The molecule has 1 aliphatic heterocycles. The van der Waals surface area contributed by atoms with Crippen LogP contribution in [0.1, 0.15) is 53.4 Å². The van der Waals surface area contributed by atoms with E-state index in [4.69, 9.17) is 9.15 Å². The van der Waals surface area contributed by atoms with Crippen LogP contribution in [0.4, 0.5) is 0 Å². The molecule has 0 bridgehead atoms. The summed E-state index contributed by atoms with van der Waals surface area (Å²) in [6, 6.07) is 3.24. The van der Waals surface area contributed by atoms with Gasteiger partial charge in [-0.1, -0.05) is 0 Å². The summed E-state index contributed by atoms with van der Waals surface area (Å²) in [6.07, 6.45) is 4.52. The Morgan fingerprint density at radius 2 is 2.36 bits per heavy atom. The van der Waals surface area contributed by atoms with Gasteiger partial charge in [-0.05, 0) is 25.0 Å². The maximum Gasteiger partial charge on any atom is 0.290 e. The average molecular weight is 302 g/mol. The number of aromatic nitrogens is 3. The Bertz CT molecular complexity index is 662. The highest BCUT2D eigenvalue weighted by Crippen LogP contribution is 2.39. The van der Waals surface area contributed by atoms with Crippen LogP contribution in [0.2, 0.25) is 0 Å². The monoisotopic (exact) mass is 302 g/mol. The van der Waals surface area contributed by atoms with Gasteiger partial charge in [-0.15, -0.1) is 0 Å². The molecule has 22 heavy (non-hydrogen) atoms. The van der Waals surface area contributed by atoms with Crippen molar-refractivity contribution < 1.29 is 13.9 Å². The van der Waals surface area contributed by atoms with Gasteiger partial charge in [0.1, 0.15) is 5.82 Å². The normalized spacial score (nSPS) is 24.9. The number of H-pyrrole nitrogens is 1. The number of aromatic amines is 1. The van der Waals surface area contributed by atoms with Crippen molar-refractivity contribution in [3.63, 3.8) is 0 Å². The van der Waals surface area contributed by atoms with E-state index in [1.165, 1.54) is 6.26 Å². The van der Waals surface area contributed by atoms with Crippen molar-refractivity contribution in [1.82, 2.24) is 20.1 Å². The Morgan fingerprint density at radius 1 is 1.50 bits per heavy atom. The Balaban J connectivity index is 1.60. The number of amides is 1. The molecule has 7 nitrogen and oxygen atoms in total. The summed E-state index contributed by atoms with van der Waals surface area (Å²) >= 11 is 0. The van der Waals surface area contributed by atoms with Crippen LogP contribution in [-0.2, 0) is 4.74 Å². The number of hydrogen-bond acceptors (Lipinski definition) is 5. The molecule has 4 rings (SSSR count). The molecule has 1 N–H and O–H groups in total. The molecule has 2 atom stereocenters. The van der Waals surface area contributed by atoms with E-state index in [1.807, 2.05) is 0 Å². The minimum absolute atomic E-state index is 0.00149. The van der Waals surface area contributed by atoms with E-state index in [2.05, 4.69) is 15.2 Å². The van der Waals surface area contributed by atoms with E-state index in [1.54, 1.807) is 24.1 Å². The van der Waals surface area contributed by atoms with Gasteiger partial charge < -0.3 is 14.1 Å². The van der Waals surface area contributed by atoms with Crippen molar-refractivity contribution in [2.45, 2.75) is 37.3 Å². The zero-order valence-electron chi connectivity index (χ0n) is 12.4. The van der Waals surface area contributed by atoms with Crippen molar-refractivity contribution in [3.05, 3.63) is 35.8 Å². The quantitative estimate of drug-likeness (QED) is 0.932. The van der Waals surface area contributed by atoms with Crippen LogP contribution in [0.15, 0.2) is 22.8 Å². The predicted octanol–water partition coefficient (Wildman–Crippen LogP) is 1.88. The van der Waals surface area contributed by atoms with Gasteiger partial charge in [-0.25, -0.2) is 4.98 Å². The number of carbonyl (C=O) groups is 1. The number of hydrogen-bond donors (Lipinski definition) is 1. The molecule has 0 spiro atoms. The van der Waals surface area contributed by atoms with Crippen molar-refractivity contribution >= 4 is 5.91 Å². The summed E-state index contributed by atoms with van der Waals surface area (Å²) in [6.45, 7) is 0.528. The Hall–Kier alpha value is -2.15. The zero-order valence-corrected chi connectivity index (χ0v) is 12.4. The van der Waals surface area contributed by atoms with Crippen molar-refractivity contribution in [2.75, 3.05) is 13.7 Å². The molecule has 1 saturated heterocycles. The van der Waals surface area contributed by atoms with E-state index in [0.29, 0.717) is 24.6 Å². The fourth-order valence-corrected chi connectivity index (χ4v) is 2.95. The SMILES string of the molecule is CO[C@@H]1C[C@@H](c2nc(C3CC3)n[nH]2)N(C(=O)c2ccco2)C1. The lowest BCUT2D eigenvalue weighted by molar-refractivity contribution is 0.0654. The number of carbonyl (C=O) groups excluding carboxylic acids is 1. The third-order valence-corrected chi connectivity index (χ3v) is 4.37. The average Bonchev–Trinajstić information content (AvgIpc) is 3.03. The molecule has 116 valence electrons. The number of likely N-dealkylation sites (tertiary alicyclic amines) is 1. The summed E-state index contributed by atoms with van der Waals surface area (Å²) in [5.74, 6) is 2.28. The smallest absolute Gasteiger partial charge is 0.290 e. The minimum Gasteiger partial charge on any atom is -0.459 e. The molecule has 2 aromatic rings. The molecule has 0 radical (unpaired) electrons. The number of nitrogens with zero attached hydrogens (tertiary/aromatic N) is 3. The maximum absolute atomic E-state index is 12.6. The summed E-state index contributed by atoms with van der Waals surface area (Å²) in [7, 11) is 1.67. The van der Waals surface area contributed by atoms with Crippen molar-refractivity contribution in [2.24, 2.45) is 0 Å². The second-order valence-corrected chi connectivity index (χ2v) is 5.90. The molecule has 0 unspecified atom stereocenters. The van der Waals surface area contributed by atoms with Gasteiger partial charge in [0.2, 0.25) is 0 Å². The highest BCUT2D eigenvalue weighted by Gasteiger charge is 2.40. The lowest BCUT2D eigenvalue weighted by atomic mass is 10.2. The summed E-state index contributed by atoms with van der Waals surface area (Å²) in [4.78, 5) is 19.0. The fraction of sp³-hybridized carbons (Fsp3) is 0.533. The number of methoxy groups -OCH3 is 1. The molecule has 1 amide bonds. The second-order valence-electron chi connectivity index (χ2n) is 5.90. The van der Waals surface area contributed by atoms with E-state index < -0.39 is 0 Å². The molecular weight excluding hydrogens is 284 g/mol. The van der Waals surface area contributed by atoms with Gasteiger partial charge in [0.05, 0.1) is 18.4 Å². The summed E-state index contributed by atoms with van der Waals surface area (Å²) in [5.41, 5.74) is 0. The molecule has 7 heteroatoms. The first-order valence-corrected chi connectivity index (χ1v) is 7.55. The van der Waals surface area contributed by atoms with Gasteiger partial charge in [-0.2, -0.15) is 5.10 Å². The van der Waals surface area contributed by atoms with Crippen LogP contribution >= 0.6 is 0 Å². The van der Waals surface area contributed by atoms with Gasteiger partial charge >= 0.3 is 0 Å². The number of ether oxygens (including phenoxy) is 1. The second kappa shape index (κ2) is 5.24. The standard InChI is InChI=1S/C15H18N4O3/c1-21-10-7-11(14-16-13(17-18-14)9-4-5-9)19(8-10)15(20)12-3-2-6-22-12/h2-3,6,9-11H,4-5,7-8H2,1H3,(H,16,17,18)/t10-,11+/m1/s1. The van der Waals surface area contributed by atoms with E-state index >= 15 is 0 Å². The molecule has 0 aromatic carbocycles. The summed E-state index contributed by atoms with van der Waals surface area (Å²) in [5, 5.41) is 7.29. The van der Waals surface area contributed by atoms with Gasteiger partial charge in [0.15, 0.2) is 11.6 Å². The third-order valence-electron chi connectivity index (χ3n) is 4.37. The van der Waals surface area contributed by atoms with Crippen molar-refractivity contribution in [3.8, 4) is 0 Å². The Kier molecular flexibility index (Phi) is 3.22. The molecule has 1 aliphatic carbocycles. The first-order chi connectivity index (χ1) is 10.8. The Labute approximate surface area is 127 Å². The van der Waals surface area contributed by atoms with Gasteiger partial charge in [0, 0.05) is 26.0 Å². The Morgan fingerprint density at radius 3 is 3.05 bits per heavy atom. The largest absolute Gasteiger partial charge is 0.459 e. The fourth-order valence-electron chi connectivity index (χ4n) is 2.95. The van der Waals surface area contributed by atoms with Crippen molar-refractivity contribution in [1.29, 1.82) is 0 Å². The van der Waals surface area contributed by atoms with Crippen LogP contribution in [-0.4, -0.2) is 45.7 Å². The number of nitrogens with one attached hydrogen (secondary N) is 1. The first-order valence-electron chi connectivity index (χ1n) is 7.55. The van der Waals surface area contributed by atoms with Crippen LogP contribution in [0.3, 0.4) is 0 Å². The zero-order chi connectivity index (χ0) is 15.1. The van der Waals surface area contributed by atoms with Crippen LogP contribution < -0.4 is 0 Å². The molecule has 2 aliphatic rings. The lowest BCUT2D eigenvalue weighted by Gasteiger charge is -2.21. The van der Waals surface area contributed by atoms with Gasteiger partial charge in [-0.3, -0.25) is 9.89 Å². The first kappa shape index (κ1) is 13.5. The van der Waals surface area contributed by atoms with E-state index in [-0.39, 0.29) is 18.1 Å². The molecule has 2 fully saturated rings. The van der Waals surface area contributed by atoms with Gasteiger partial charge in [0.25, 0.3) is 5.91 Å². The predicted molar refractivity (Wildman–Crippen MR) is 76.3 cm³/mol. The highest BCUT2D eigenvalue weighted by atomic mass is 16.5. The van der Waals surface area contributed by atoms with Crippen LogP contribution in [0, 0.1) is 0 Å². The molecule has 3 heterocycles. The van der Waals surface area contributed by atoms with E-state index in [9.17, 15) is 4.79 Å². The topological polar surface area (TPSA) is 84.3 Å². The molecular formula is C15H18N4O3. The van der Waals surface area contributed by atoms with Crippen LogP contribution in [0.25, 0.3) is 0 Å².